The van der Waals surface area contributed by atoms with Crippen molar-refractivity contribution in [3.63, 3.8) is 0 Å². The number of methoxy groups -OCH3 is 1. The zero-order chi connectivity index (χ0) is 20.9. The largest absolute Gasteiger partial charge is 0.492 e. The number of rotatable bonds is 6. The van der Waals surface area contributed by atoms with Gasteiger partial charge in [-0.25, -0.2) is 4.79 Å². The number of carbonyl (C=O) groups is 1. The number of nitrogens with zero attached hydrogens (tertiary/aromatic N) is 2. The van der Waals surface area contributed by atoms with E-state index >= 15 is 0 Å². The summed E-state index contributed by atoms with van der Waals surface area (Å²) in [6, 6.07) is 4.34. The monoisotopic (exact) mass is 399 g/mol. The number of benzene rings is 1. The van der Waals surface area contributed by atoms with Crippen LogP contribution in [-0.2, 0) is 0 Å². The highest BCUT2D eigenvalue weighted by molar-refractivity contribution is 5.97. The number of carboxylic acid groups (broad SMARTS) is 1. The highest BCUT2D eigenvalue weighted by Crippen LogP contribution is 2.44. The van der Waals surface area contributed by atoms with E-state index in [9.17, 15) is 14.7 Å². The number of aromatic nitrogens is 1. The molecule has 0 spiro atoms. The number of anilines is 1. The van der Waals surface area contributed by atoms with Crippen LogP contribution >= 0.6 is 0 Å². The fourth-order valence-electron chi connectivity index (χ4n) is 4.64. The summed E-state index contributed by atoms with van der Waals surface area (Å²) in [7, 11) is 1.62. The molecule has 2 aliphatic rings. The SMILES string of the molecule is CCC1CC(C(C)N)CN1c1ccc2c(=O)c(C(=O)O)cn(C3CC3)c2c1OC. The summed E-state index contributed by atoms with van der Waals surface area (Å²) < 4.78 is 7.79. The van der Waals surface area contributed by atoms with Crippen molar-refractivity contribution in [2.45, 2.75) is 57.7 Å². The Labute approximate surface area is 170 Å². The molecule has 3 atom stereocenters. The van der Waals surface area contributed by atoms with Gasteiger partial charge in [-0.3, -0.25) is 4.79 Å². The Morgan fingerprint density at radius 2 is 2.10 bits per heavy atom. The van der Waals surface area contributed by atoms with E-state index in [0.29, 0.717) is 28.6 Å². The number of aromatic carboxylic acids is 1. The van der Waals surface area contributed by atoms with Crippen LogP contribution in [0.2, 0.25) is 0 Å². The second-order valence-corrected chi connectivity index (χ2v) is 8.40. The van der Waals surface area contributed by atoms with E-state index in [1.165, 1.54) is 6.20 Å². The molecule has 3 unspecified atom stereocenters. The Hall–Kier alpha value is -2.54. The molecule has 29 heavy (non-hydrogen) atoms. The number of hydrogen-bond acceptors (Lipinski definition) is 5. The maximum Gasteiger partial charge on any atom is 0.341 e. The molecule has 1 saturated carbocycles. The van der Waals surface area contributed by atoms with Gasteiger partial charge in [0.1, 0.15) is 5.56 Å². The van der Waals surface area contributed by atoms with Crippen LogP contribution in [0, 0.1) is 5.92 Å². The fourth-order valence-corrected chi connectivity index (χ4v) is 4.64. The molecule has 4 rings (SSSR count). The molecular weight excluding hydrogens is 370 g/mol. The fraction of sp³-hybridized carbons (Fsp3) is 0.545. The van der Waals surface area contributed by atoms with E-state index in [1.807, 2.05) is 10.6 Å². The Bertz CT molecular complexity index is 1010. The lowest BCUT2D eigenvalue weighted by atomic mass is 9.98. The van der Waals surface area contributed by atoms with Gasteiger partial charge in [0.2, 0.25) is 5.43 Å². The van der Waals surface area contributed by atoms with E-state index in [-0.39, 0.29) is 17.6 Å². The van der Waals surface area contributed by atoms with E-state index < -0.39 is 11.4 Å². The van der Waals surface area contributed by atoms with Crippen LogP contribution in [0.1, 0.15) is 55.9 Å². The second kappa shape index (κ2) is 7.37. The van der Waals surface area contributed by atoms with Crippen LogP contribution in [-0.4, -0.2) is 41.4 Å². The lowest BCUT2D eigenvalue weighted by Gasteiger charge is -2.29. The summed E-state index contributed by atoms with van der Waals surface area (Å²) in [5.41, 5.74) is 7.19. The van der Waals surface area contributed by atoms with Gasteiger partial charge in [-0.05, 0) is 50.7 Å². The van der Waals surface area contributed by atoms with Crippen LogP contribution in [0.5, 0.6) is 5.75 Å². The summed E-state index contributed by atoms with van der Waals surface area (Å²) in [6.07, 6.45) is 5.46. The first-order chi connectivity index (χ1) is 13.9. The number of ether oxygens (including phenoxy) is 1. The predicted molar refractivity (Wildman–Crippen MR) is 113 cm³/mol. The van der Waals surface area contributed by atoms with Crippen molar-refractivity contribution in [3.05, 3.63) is 34.1 Å². The molecule has 0 bridgehead atoms. The number of nitrogens with two attached hydrogens (primary N) is 1. The van der Waals surface area contributed by atoms with Gasteiger partial charge in [0.25, 0.3) is 0 Å². The molecular formula is C22H29N3O4. The van der Waals surface area contributed by atoms with Crippen LogP contribution < -0.4 is 20.8 Å². The molecule has 7 nitrogen and oxygen atoms in total. The second-order valence-electron chi connectivity index (χ2n) is 8.40. The molecule has 1 aromatic heterocycles. The Kier molecular flexibility index (Phi) is 5.02. The van der Waals surface area contributed by atoms with Crippen molar-refractivity contribution in [2.75, 3.05) is 18.6 Å². The Balaban J connectivity index is 1.93. The first-order valence-corrected chi connectivity index (χ1v) is 10.4. The molecule has 7 heteroatoms. The predicted octanol–water partition coefficient (Wildman–Crippen LogP) is 3.00. The molecule has 2 heterocycles. The summed E-state index contributed by atoms with van der Waals surface area (Å²) in [6.45, 7) is 5.07. The molecule has 2 fully saturated rings. The van der Waals surface area contributed by atoms with E-state index in [1.54, 1.807) is 13.2 Å². The molecule has 3 N–H and O–H groups in total. The number of fused-ring (bicyclic) bond motifs is 1. The minimum absolute atomic E-state index is 0.114. The quantitative estimate of drug-likeness (QED) is 0.775. The molecule has 0 amide bonds. The molecule has 156 valence electrons. The van der Waals surface area contributed by atoms with E-state index in [2.05, 4.69) is 18.7 Å². The Morgan fingerprint density at radius 3 is 2.66 bits per heavy atom. The van der Waals surface area contributed by atoms with Crippen molar-refractivity contribution in [3.8, 4) is 5.75 Å². The third-order valence-electron chi connectivity index (χ3n) is 6.47. The van der Waals surface area contributed by atoms with Gasteiger partial charge < -0.3 is 25.0 Å². The Morgan fingerprint density at radius 1 is 1.38 bits per heavy atom. The molecule has 1 aliphatic carbocycles. The first kappa shape index (κ1) is 19.8. The summed E-state index contributed by atoms with van der Waals surface area (Å²) in [4.78, 5) is 26.8. The van der Waals surface area contributed by atoms with Gasteiger partial charge in [-0.1, -0.05) is 6.92 Å². The average Bonchev–Trinajstić information content (AvgIpc) is 3.44. The highest BCUT2D eigenvalue weighted by Gasteiger charge is 2.36. The van der Waals surface area contributed by atoms with Crippen LogP contribution in [0.3, 0.4) is 0 Å². The number of hydrogen-bond donors (Lipinski definition) is 2. The number of pyridine rings is 1. The van der Waals surface area contributed by atoms with Gasteiger partial charge in [0, 0.05) is 30.9 Å². The lowest BCUT2D eigenvalue weighted by molar-refractivity contribution is 0.0695. The molecule has 2 aromatic rings. The maximum absolute atomic E-state index is 12.8. The van der Waals surface area contributed by atoms with Crippen molar-refractivity contribution in [1.29, 1.82) is 0 Å². The first-order valence-electron chi connectivity index (χ1n) is 10.4. The zero-order valence-electron chi connectivity index (χ0n) is 17.2. The van der Waals surface area contributed by atoms with E-state index in [0.717, 1.165) is 37.9 Å². The van der Waals surface area contributed by atoms with Gasteiger partial charge in [0.15, 0.2) is 5.75 Å². The van der Waals surface area contributed by atoms with Crippen molar-refractivity contribution >= 4 is 22.6 Å². The smallest absolute Gasteiger partial charge is 0.341 e. The van der Waals surface area contributed by atoms with Crippen molar-refractivity contribution < 1.29 is 14.6 Å². The summed E-state index contributed by atoms with van der Waals surface area (Å²) in [5, 5.41) is 9.89. The van der Waals surface area contributed by atoms with Gasteiger partial charge in [-0.15, -0.1) is 0 Å². The van der Waals surface area contributed by atoms with Crippen molar-refractivity contribution in [1.82, 2.24) is 4.57 Å². The van der Waals surface area contributed by atoms with Gasteiger partial charge in [0.05, 0.1) is 23.7 Å². The third kappa shape index (κ3) is 3.27. The molecule has 1 aromatic carbocycles. The van der Waals surface area contributed by atoms with Gasteiger partial charge in [-0.2, -0.15) is 0 Å². The third-order valence-corrected chi connectivity index (χ3v) is 6.47. The normalized spacial score (nSPS) is 22.8. The van der Waals surface area contributed by atoms with Crippen LogP contribution in [0.15, 0.2) is 23.1 Å². The molecule has 1 aliphatic heterocycles. The van der Waals surface area contributed by atoms with Gasteiger partial charge >= 0.3 is 5.97 Å². The average molecular weight is 399 g/mol. The minimum atomic E-state index is -1.19. The topological polar surface area (TPSA) is 97.8 Å². The maximum atomic E-state index is 12.8. The highest BCUT2D eigenvalue weighted by atomic mass is 16.5. The lowest BCUT2D eigenvalue weighted by Crippen LogP contribution is -2.31. The van der Waals surface area contributed by atoms with Crippen molar-refractivity contribution in [2.24, 2.45) is 11.7 Å². The van der Waals surface area contributed by atoms with E-state index in [4.69, 9.17) is 10.5 Å². The summed E-state index contributed by atoms with van der Waals surface area (Å²) >= 11 is 0. The van der Waals surface area contributed by atoms with Crippen LogP contribution in [0.25, 0.3) is 10.9 Å². The number of carboxylic acids is 1. The molecule has 1 saturated heterocycles. The minimum Gasteiger partial charge on any atom is -0.492 e. The van der Waals surface area contributed by atoms with Crippen LogP contribution in [0.4, 0.5) is 5.69 Å². The standard InChI is InChI=1S/C22H29N3O4/c1-4-14-9-13(12(2)23)10-24(14)18-8-7-16-19(21(18)29-3)25(15-5-6-15)11-17(20(16)26)22(27)28/h7-8,11-15H,4-6,9-10,23H2,1-3H3,(H,27,28). The molecule has 0 radical (unpaired) electrons. The zero-order valence-corrected chi connectivity index (χ0v) is 17.2. The summed E-state index contributed by atoms with van der Waals surface area (Å²) in [5.74, 6) is -0.146.